The maximum absolute atomic E-state index is 13.7. The van der Waals surface area contributed by atoms with Crippen molar-refractivity contribution in [1.29, 1.82) is 0 Å². The third-order valence-electron chi connectivity index (χ3n) is 5.78. The van der Waals surface area contributed by atoms with E-state index in [4.69, 9.17) is 0 Å². The summed E-state index contributed by atoms with van der Waals surface area (Å²) >= 11 is 1.25. The molecule has 8 heteroatoms. The van der Waals surface area contributed by atoms with E-state index >= 15 is 0 Å². The van der Waals surface area contributed by atoms with E-state index in [-0.39, 0.29) is 5.69 Å². The highest BCUT2D eigenvalue weighted by atomic mass is 32.2. The van der Waals surface area contributed by atoms with E-state index in [9.17, 15) is 19.7 Å². The van der Waals surface area contributed by atoms with E-state index < -0.39 is 22.8 Å². The monoisotopic (exact) mass is 457 g/mol. The van der Waals surface area contributed by atoms with Crippen LogP contribution in [0.3, 0.4) is 0 Å². The molecule has 0 saturated carbocycles. The van der Waals surface area contributed by atoms with Crippen molar-refractivity contribution < 1.29 is 14.5 Å². The number of nitrogens with one attached hydrogen (secondary N) is 1. The number of nitro benzene ring substituents is 1. The van der Waals surface area contributed by atoms with Crippen molar-refractivity contribution in [3.8, 4) is 0 Å². The van der Waals surface area contributed by atoms with Gasteiger partial charge < -0.3 is 5.32 Å². The number of thioether (sulfide) groups is 1. The molecule has 5 rings (SSSR count). The number of fused-ring (bicyclic) bond motifs is 1. The molecule has 0 aromatic heterocycles. The van der Waals surface area contributed by atoms with Gasteiger partial charge in [0.15, 0.2) is 0 Å². The van der Waals surface area contributed by atoms with Crippen molar-refractivity contribution >= 4 is 40.6 Å². The maximum Gasteiger partial charge on any atom is 0.272 e. The third kappa shape index (κ3) is 3.58. The summed E-state index contributed by atoms with van der Waals surface area (Å²) in [4.78, 5) is 40.4. The second-order valence-electron chi connectivity index (χ2n) is 7.74. The number of para-hydroxylation sites is 1. The molecular formula is C25H19N3O4S. The average molecular weight is 458 g/mol. The number of carbonyl (C=O) groups is 2. The summed E-state index contributed by atoms with van der Waals surface area (Å²) in [6.07, 6.45) is 0.850. The molecule has 2 aliphatic heterocycles. The lowest BCUT2D eigenvalue weighted by atomic mass is 9.97. The van der Waals surface area contributed by atoms with Gasteiger partial charge >= 0.3 is 0 Å². The first-order valence-corrected chi connectivity index (χ1v) is 11.3. The minimum absolute atomic E-state index is 0.0783. The number of aryl methyl sites for hydroxylation is 1. The Balaban J connectivity index is 1.64. The highest BCUT2D eigenvalue weighted by Gasteiger charge is 2.45. The van der Waals surface area contributed by atoms with Crippen LogP contribution in [0.15, 0.2) is 88.2 Å². The number of hydrogen-bond donors (Lipinski definition) is 1. The van der Waals surface area contributed by atoms with Crippen LogP contribution in [0, 0.1) is 10.1 Å². The summed E-state index contributed by atoms with van der Waals surface area (Å²) in [7, 11) is 0. The van der Waals surface area contributed by atoms with E-state index in [0.29, 0.717) is 21.7 Å². The molecule has 0 unspecified atom stereocenters. The van der Waals surface area contributed by atoms with Gasteiger partial charge in [0.2, 0.25) is 0 Å². The predicted octanol–water partition coefficient (Wildman–Crippen LogP) is 5.24. The fraction of sp³-hybridized carbons (Fsp3) is 0.120. The lowest BCUT2D eigenvalue weighted by Gasteiger charge is -2.22. The molecule has 0 radical (unpaired) electrons. The van der Waals surface area contributed by atoms with Crippen LogP contribution in [0.25, 0.3) is 0 Å². The molecule has 1 atom stereocenters. The number of anilines is 2. The molecule has 33 heavy (non-hydrogen) atoms. The number of benzene rings is 3. The summed E-state index contributed by atoms with van der Waals surface area (Å²) in [5, 5.41) is 14.7. The van der Waals surface area contributed by atoms with Crippen LogP contribution in [0.1, 0.15) is 24.1 Å². The first-order chi connectivity index (χ1) is 16.0. The molecule has 2 heterocycles. The lowest BCUT2D eigenvalue weighted by Crippen LogP contribution is -2.33. The molecule has 0 aliphatic carbocycles. The van der Waals surface area contributed by atoms with E-state index in [1.54, 1.807) is 24.3 Å². The van der Waals surface area contributed by atoms with Crippen molar-refractivity contribution in [3.63, 3.8) is 0 Å². The Labute approximate surface area is 194 Å². The number of imide groups is 1. The van der Waals surface area contributed by atoms with Gasteiger partial charge in [-0.1, -0.05) is 55.1 Å². The van der Waals surface area contributed by atoms with E-state index in [0.717, 1.165) is 22.6 Å². The molecule has 0 saturated heterocycles. The first kappa shape index (κ1) is 21.0. The second-order valence-corrected chi connectivity index (χ2v) is 8.79. The fourth-order valence-electron chi connectivity index (χ4n) is 4.08. The molecule has 7 nitrogen and oxygen atoms in total. The van der Waals surface area contributed by atoms with E-state index in [1.807, 2.05) is 43.3 Å². The van der Waals surface area contributed by atoms with Crippen LogP contribution in [0.5, 0.6) is 0 Å². The molecule has 0 fully saturated rings. The van der Waals surface area contributed by atoms with Gasteiger partial charge in [-0.05, 0) is 41.8 Å². The quantitative estimate of drug-likeness (QED) is 0.327. The summed E-state index contributed by atoms with van der Waals surface area (Å²) in [6, 6.07) is 20.3. The largest absolute Gasteiger partial charge is 0.373 e. The van der Waals surface area contributed by atoms with Gasteiger partial charge in [-0.3, -0.25) is 19.7 Å². The SMILES string of the molecule is CCc1ccc(N2C(=O)C3=C(C2=O)[C@@H](c2cccc([N+](=O)[O-])c2)Nc2ccccc2S3)cc1. The van der Waals surface area contributed by atoms with Gasteiger partial charge in [-0.2, -0.15) is 0 Å². The van der Waals surface area contributed by atoms with Crippen LogP contribution in [0.4, 0.5) is 17.1 Å². The number of non-ortho nitro benzene ring substituents is 1. The van der Waals surface area contributed by atoms with E-state index in [2.05, 4.69) is 5.32 Å². The maximum atomic E-state index is 13.7. The van der Waals surface area contributed by atoms with Gasteiger partial charge in [0.25, 0.3) is 17.5 Å². The van der Waals surface area contributed by atoms with Gasteiger partial charge in [0.1, 0.15) is 0 Å². The molecule has 2 amide bonds. The second kappa shape index (κ2) is 8.22. The standard InChI is InChI=1S/C25H19N3O4S/c1-2-15-10-12-17(13-11-15)27-24(29)21-22(16-6-5-7-18(14-16)28(31)32)26-19-8-3-4-9-20(19)33-23(21)25(27)30/h3-14,22,26H,2H2,1H3/t22-/m1/s1. The Morgan fingerprint density at radius 1 is 1.00 bits per heavy atom. The summed E-state index contributed by atoms with van der Waals surface area (Å²) in [5.74, 6) is -0.818. The number of rotatable bonds is 4. The Bertz CT molecular complexity index is 1330. The lowest BCUT2D eigenvalue weighted by molar-refractivity contribution is -0.384. The first-order valence-electron chi connectivity index (χ1n) is 10.5. The molecule has 2 aliphatic rings. The molecule has 164 valence electrons. The third-order valence-corrected chi connectivity index (χ3v) is 6.95. The zero-order valence-electron chi connectivity index (χ0n) is 17.6. The average Bonchev–Trinajstić information content (AvgIpc) is 2.98. The number of carbonyl (C=O) groups excluding carboxylic acids is 2. The minimum Gasteiger partial charge on any atom is -0.373 e. The number of amides is 2. The predicted molar refractivity (Wildman–Crippen MR) is 127 cm³/mol. The van der Waals surface area contributed by atoms with Crippen LogP contribution in [-0.2, 0) is 16.0 Å². The normalized spacial score (nSPS) is 17.4. The van der Waals surface area contributed by atoms with Crippen LogP contribution >= 0.6 is 11.8 Å². The molecular weight excluding hydrogens is 438 g/mol. The van der Waals surface area contributed by atoms with Crippen molar-refractivity contribution in [1.82, 2.24) is 0 Å². The van der Waals surface area contributed by atoms with Gasteiger partial charge in [0, 0.05) is 22.7 Å². The summed E-state index contributed by atoms with van der Waals surface area (Å²) in [6.45, 7) is 2.04. The van der Waals surface area contributed by atoms with E-state index in [1.165, 1.54) is 28.8 Å². The highest BCUT2D eigenvalue weighted by molar-refractivity contribution is 8.04. The molecule has 0 bridgehead atoms. The molecule has 3 aromatic rings. The van der Waals surface area contributed by atoms with Crippen LogP contribution < -0.4 is 10.2 Å². The topological polar surface area (TPSA) is 92.5 Å². The minimum atomic E-state index is -0.715. The van der Waals surface area contributed by atoms with Crippen LogP contribution in [-0.4, -0.2) is 16.7 Å². The molecule has 1 N–H and O–H groups in total. The fourth-order valence-corrected chi connectivity index (χ4v) is 5.17. The molecule has 3 aromatic carbocycles. The van der Waals surface area contributed by atoms with Crippen molar-refractivity contribution in [3.05, 3.63) is 105 Å². The number of nitrogens with zero attached hydrogens (tertiary/aromatic N) is 2. The van der Waals surface area contributed by atoms with Gasteiger partial charge in [-0.15, -0.1) is 0 Å². The Kier molecular flexibility index (Phi) is 5.22. The zero-order valence-corrected chi connectivity index (χ0v) is 18.5. The smallest absolute Gasteiger partial charge is 0.272 e. The number of nitro groups is 1. The van der Waals surface area contributed by atoms with Gasteiger partial charge in [0.05, 0.1) is 27.1 Å². The van der Waals surface area contributed by atoms with Crippen molar-refractivity contribution in [2.45, 2.75) is 24.3 Å². The highest BCUT2D eigenvalue weighted by Crippen LogP contribution is 2.48. The van der Waals surface area contributed by atoms with Crippen molar-refractivity contribution in [2.75, 3.05) is 10.2 Å². The molecule has 0 spiro atoms. The van der Waals surface area contributed by atoms with Crippen LogP contribution in [0.2, 0.25) is 0 Å². The Morgan fingerprint density at radius 2 is 1.76 bits per heavy atom. The zero-order chi connectivity index (χ0) is 23.1. The summed E-state index contributed by atoms with van der Waals surface area (Å²) in [5.41, 5.74) is 3.12. The van der Waals surface area contributed by atoms with Gasteiger partial charge in [-0.25, -0.2) is 4.90 Å². The van der Waals surface area contributed by atoms with Crippen molar-refractivity contribution in [2.24, 2.45) is 0 Å². The summed E-state index contributed by atoms with van der Waals surface area (Å²) < 4.78 is 0. The Hall–Kier alpha value is -3.91. The Morgan fingerprint density at radius 3 is 2.48 bits per heavy atom. The number of hydrogen-bond acceptors (Lipinski definition) is 6.